The van der Waals surface area contributed by atoms with Crippen LogP contribution in [0.3, 0.4) is 0 Å². The number of carbonyl (C=O) groups is 2. The van der Waals surface area contributed by atoms with E-state index in [2.05, 4.69) is 33.4 Å². The van der Waals surface area contributed by atoms with Crippen LogP contribution in [0.1, 0.15) is 164 Å². The van der Waals surface area contributed by atoms with Gasteiger partial charge in [0, 0.05) is 43.3 Å². The van der Waals surface area contributed by atoms with Gasteiger partial charge in [0.2, 0.25) is 0 Å². The summed E-state index contributed by atoms with van der Waals surface area (Å²) in [4.78, 5) is 26.6. The van der Waals surface area contributed by atoms with Crippen molar-refractivity contribution in [1.82, 2.24) is 0 Å². The summed E-state index contributed by atoms with van der Waals surface area (Å²) in [6.45, 7) is 13.9. The molecular formula is C41H84O11S2Si2. The largest absolute Gasteiger partial charge is 0.465 e. The van der Waals surface area contributed by atoms with Crippen molar-refractivity contribution in [2.24, 2.45) is 17.3 Å². The Morgan fingerprint density at radius 3 is 1.68 bits per heavy atom. The molecule has 5 unspecified atom stereocenters. The molecule has 0 heterocycles. The van der Waals surface area contributed by atoms with E-state index in [0.29, 0.717) is 69.3 Å². The highest BCUT2D eigenvalue weighted by Crippen LogP contribution is 2.55. The molecule has 4 N–H and O–H groups in total. The third-order valence-electron chi connectivity index (χ3n) is 11.0. The number of thiol groups is 1. The van der Waals surface area contributed by atoms with Crippen molar-refractivity contribution in [3.8, 4) is 0 Å². The van der Waals surface area contributed by atoms with E-state index in [-0.39, 0.29) is 37.3 Å². The molecule has 334 valence electrons. The number of hydrogen-bond acceptors (Lipinski definition) is 13. The third kappa shape index (κ3) is 20.0. The predicted molar refractivity (Wildman–Crippen MR) is 237 cm³/mol. The van der Waals surface area contributed by atoms with Crippen LogP contribution in [0.2, 0.25) is 12.6 Å². The molecular weight excluding hydrogens is 789 g/mol. The Hall–Kier alpha value is -0.0462. The second-order valence-electron chi connectivity index (χ2n) is 15.1. The molecule has 0 radical (unpaired) electrons. The van der Waals surface area contributed by atoms with Crippen LogP contribution in [0.25, 0.3) is 0 Å². The minimum absolute atomic E-state index is 0.0426. The fourth-order valence-electron chi connectivity index (χ4n) is 7.26. The lowest BCUT2D eigenvalue weighted by Crippen LogP contribution is -2.69. The van der Waals surface area contributed by atoms with Gasteiger partial charge in [0.25, 0.3) is 0 Å². The van der Waals surface area contributed by atoms with Gasteiger partial charge in [-0.15, -0.1) is 0 Å². The van der Waals surface area contributed by atoms with Crippen molar-refractivity contribution in [3.05, 3.63) is 0 Å². The zero-order valence-electron chi connectivity index (χ0n) is 36.4. The summed E-state index contributed by atoms with van der Waals surface area (Å²) in [5.74, 6) is -3.50. The normalized spacial score (nSPS) is 16.8. The number of rotatable bonds is 39. The van der Waals surface area contributed by atoms with Gasteiger partial charge < -0.3 is 43.5 Å². The van der Waals surface area contributed by atoms with Crippen LogP contribution in [-0.2, 0) is 32.7 Å². The minimum Gasteiger partial charge on any atom is -0.465 e. The summed E-state index contributed by atoms with van der Waals surface area (Å²) in [6, 6.07) is 0.774. The Bertz CT molecular complexity index is 986. The highest BCUT2D eigenvalue weighted by Gasteiger charge is 2.66. The zero-order chi connectivity index (χ0) is 42.3. The van der Waals surface area contributed by atoms with Crippen molar-refractivity contribution in [1.29, 1.82) is 0 Å². The van der Waals surface area contributed by atoms with Gasteiger partial charge in [-0.3, -0.25) is 9.59 Å². The number of carbonyl (C=O) groups excluding carboxylic acids is 2. The number of ether oxygens (including phenoxy) is 3. The highest BCUT2D eigenvalue weighted by molar-refractivity contribution is 8.13. The van der Waals surface area contributed by atoms with Crippen molar-refractivity contribution in [3.63, 3.8) is 0 Å². The molecule has 0 spiro atoms. The SMILES string of the molecule is CCCCCCCC(=O)OCC(CC)(C(CCCS)(OCC(CC)C(O)O)O[SiH2]C)C(CCCSC(=O)CCCCCCC)(OCC(CC)C(O)O)O[SiH2]CC. The Morgan fingerprint density at radius 1 is 0.696 bits per heavy atom. The summed E-state index contributed by atoms with van der Waals surface area (Å²) in [5.41, 5.74) is -1.29. The van der Waals surface area contributed by atoms with E-state index in [4.69, 9.17) is 23.1 Å². The van der Waals surface area contributed by atoms with Crippen LogP contribution in [0, 0.1) is 17.3 Å². The van der Waals surface area contributed by atoms with Crippen LogP contribution in [-0.4, -0.2) is 107 Å². The van der Waals surface area contributed by atoms with E-state index in [9.17, 15) is 30.0 Å². The zero-order valence-corrected chi connectivity index (χ0v) is 40.9. The van der Waals surface area contributed by atoms with Gasteiger partial charge in [-0.2, -0.15) is 12.6 Å². The van der Waals surface area contributed by atoms with Gasteiger partial charge in [-0.1, -0.05) is 111 Å². The van der Waals surface area contributed by atoms with E-state index in [1.54, 1.807) is 0 Å². The molecule has 0 rings (SSSR count). The van der Waals surface area contributed by atoms with E-state index in [0.717, 1.165) is 57.4 Å². The van der Waals surface area contributed by atoms with Crippen LogP contribution in [0.5, 0.6) is 0 Å². The summed E-state index contributed by atoms with van der Waals surface area (Å²) >= 11 is 5.90. The van der Waals surface area contributed by atoms with Crippen molar-refractivity contribution in [2.45, 2.75) is 200 Å². The van der Waals surface area contributed by atoms with E-state index < -0.39 is 60.9 Å². The topological polar surface area (TPSA) is 161 Å². The summed E-state index contributed by atoms with van der Waals surface area (Å²) in [6.07, 6.45) is 10.7. The molecule has 0 saturated heterocycles. The van der Waals surface area contributed by atoms with Crippen LogP contribution < -0.4 is 0 Å². The molecule has 5 atom stereocenters. The molecule has 0 fully saturated rings. The predicted octanol–water partition coefficient (Wildman–Crippen LogP) is 7.18. The third-order valence-corrected chi connectivity index (χ3v) is 14.1. The van der Waals surface area contributed by atoms with Gasteiger partial charge in [-0.25, -0.2) is 0 Å². The fraction of sp³-hybridized carbons (Fsp3) is 0.951. The van der Waals surface area contributed by atoms with E-state index in [1.165, 1.54) is 18.2 Å². The van der Waals surface area contributed by atoms with Crippen LogP contribution in [0.4, 0.5) is 0 Å². The highest BCUT2D eigenvalue weighted by atomic mass is 32.2. The van der Waals surface area contributed by atoms with Crippen molar-refractivity contribution < 1.29 is 53.1 Å². The van der Waals surface area contributed by atoms with Crippen molar-refractivity contribution in [2.75, 3.05) is 31.3 Å². The maximum atomic E-state index is 13.6. The van der Waals surface area contributed by atoms with Crippen molar-refractivity contribution >= 4 is 55.0 Å². The van der Waals surface area contributed by atoms with Gasteiger partial charge in [0.1, 0.15) is 12.0 Å². The second-order valence-corrected chi connectivity index (χ2v) is 19.3. The monoisotopic (exact) mass is 872 g/mol. The Labute approximate surface area is 355 Å². The molecule has 56 heavy (non-hydrogen) atoms. The minimum atomic E-state index is -1.63. The molecule has 0 amide bonds. The first kappa shape index (κ1) is 56.0. The van der Waals surface area contributed by atoms with Gasteiger partial charge in [-0.05, 0) is 56.7 Å². The Balaban J connectivity index is 7.47. The summed E-state index contributed by atoms with van der Waals surface area (Å²) < 4.78 is 34.3. The quantitative estimate of drug-likeness (QED) is 0.0139. The number of aliphatic hydroxyl groups is 4. The molecule has 0 aliphatic carbocycles. The molecule has 0 saturated carbocycles. The molecule has 15 heteroatoms. The Morgan fingerprint density at radius 2 is 1.21 bits per heavy atom. The lowest BCUT2D eigenvalue weighted by Gasteiger charge is -2.58. The van der Waals surface area contributed by atoms with Gasteiger partial charge >= 0.3 is 5.97 Å². The average Bonchev–Trinajstić information content (AvgIpc) is 3.17. The second kappa shape index (κ2) is 33.6. The summed E-state index contributed by atoms with van der Waals surface area (Å²) in [7, 11) is -2.52. The molecule has 11 nitrogen and oxygen atoms in total. The molecule has 0 bridgehead atoms. The van der Waals surface area contributed by atoms with E-state index >= 15 is 0 Å². The molecule has 0 aromatic heterocycles. The van der Waals surface area contributed by atoms with Crippen LogP contribution >= 0.6 is 24.4 Å². The number of esters is 1. The number of unbranched alkanes of at least 4 members (excludes halogenated alkanes) is 8. The number of aliphatic hydroxyl groups excluding tert-OH is 2. The first-order valence-corrected chi connectivity index (χ1v) is 27.3. The van der Waals surface area contributed by atoms with Gasteiger partial charge in [0.15, 0.2) is 48.8 Å². The first-order valence-electron chi connectivity index (χ1n) is 22.1. The number of hydrogen-bond donors (Lipinski definition) is 5. The standard InChI is InChI=1S/C41H84O11S2Si2/c1-8-14-16-18-20-24-35(42)48-32-39(12-5,40(51-55-7,26-22-28-53)49-30-33(10-3)37(44)45)41(52-56-13-6,50-31-34(11-4)38(46)47)27-23-29-54-36(43)25-21-19-17-15-9-2/h33-34,37-38,44-47,53H,8-32,55-56H2,1-7H3. The molecule has 0 aliphatic heterocycles. The summed E-state index contributed by atoms with van der Waals surface area (Å²) in [5, 5.41) is 41.5. The first-order chi connectivity index (χ1) is 26.9. The lowest BCUT2D eigenvalue weighted by molar-refractivity contribution is -0.379. The maximum Gasteiger partial charge on any atom is 0.305 e. The van der Waals surface area contributed by atoms with Gasteiger partial charge in [0.05, 0.1) is 13.2 Å². The fourth-order valence-corrected chi connectivity index (χ4v) is 10.2. The Kier molecular flexibility index (Phi) is 33.6. The molecule has 0 aromatic carbocycles. The number of thioether (sulfide) groups is 1. The smallest absolute Gasteiger partial charge is 0.305 e. The lowest BCUT2D eigenvalue weighted by atomic mass is 9.67. The maximum absolute atomic E-state index is 13.6. The molecule has 0 aliphatic rings. The molecule has 0 aromatic rings. The average molecular weight is 873 g/mol. The van der Waals surface area contributed by atoms with Crippen LogP contribution in [0.15, 0.2) is 0 Å². The van der Waals surface area contributed by atoms with E-state index in [1.807, 2.05) is 27.3 Å².